The number of nitrogens with two attached hydrogens (primary N) is 1. The fourth-order valence-electron chi connectivity index (χ4n) is 1.55. The number of nitrogens with zero attached hydrogens (tertiary/aromatic N) is 3. The topological polar surface area (TPSA) is 116 Å². The summed E-state index contributed by atoms with van der Waals surface area (Å²) in [5, 5.41) is 11.7. The van der Waals surface area contributed by atoms with E-state index in [0.29, 0.717) is 5.02 Å². The Morgan fingerprint density at radius 2 is 2.10 bits per heavy atom. The van der Waals surface area contributed by atoms with Crippen LogP contribution in [0.2, 0.25) is 10.0 Å². The SMILES string of the molecule is Cc1nc(NN)nc(Oc2cc(Cl)ccc2Cl)c1[N+](=O)[O-]. The molecule has 0 amide bonds. The maximum absolute atomic E-state index is 11.1. The van der Waals surface area contributed by atoms with Gasteiger partial charge in [0.05, 0.1) is 9.95 Å². The molecule has 0 spiro atoms. The fraction of sp³-hybridized carbons (Fsp3) is 0.0909. The molecular weight excluding hydrogens is 321 g/mol. The normalized spacial score (nSPS) is 10.3. The van der Waals surface area contributed by atoms with Crippen LogP contribution in [-0.2, 0) is 0 Å². The van der Waals surface area contributed by atoms with Gasteiger partial charge in [-0.2, -0.15) is 4.98 Å². The fourth-order valence-corrected chi connectivity index (χ4v) is 1.86. The van der Waals surface area contributed by atoms with Crippen molar-refractivity contribution in [3.63, 3.8) is 0 Å². The highest BCUT2D eigenvalue weighted by molar-refractivity contribution is 6.34. The van der Waals surface area contributed by atoms with Crippen LogP contribution in [0.4, 0.5) is 11.6 Å². The first kappa shape index (κ1) is 15.2. The molecule has 10 heteroatoms. The summed E-state index contributed by atoms with van der Waals surface area (Å²) in [7, 11) is 0. The number of nitrogens with one attached hydrogen (secondary N) is 1. The summed E-state index contributed by atoms with van der Waals surface area (Å²) in [6.45, 7) is 1.44. The van der Waals surface area contributed by atoms with Gasteiger partial charge in [0.25, 0.3) is 0 Å². The van der Waals surface area contributed by atoms with Crippen LogP contribution in [-0.4, -0.2) is 14.9 Å². The molecule has 1 heterocycles. The molecule has 8 nitrogen and oxygen atoms in total. The minimum Gasteiger partial charge on any atom is -0.432 e. The van der Waals surface area contributed by atoms with Crippen LogP contribution >= 0.6 is 23.2 Å². The number of aromatic nitrogens is 2. The molecule has 0 radical (unpaired) electrons. The van der Waals surface area contributed by atoms with Crippen LogP contribution in [0.1, 0.15) is 5.69 Å². The highest BCUT2D eigenvalue weighted by Crippen LogP contribution is 2.36. The summed E-state index contributed by atoms with van der Waals surface area (Å²) < 4.78 is 5.40. The quantitative estimate of drug-likeness (QED) is 0.502. The molecule has 1 aromatic carbocycles. The highest BCUT2D eigenvalue weighted by Gasteiger charge is 2.24. The summed E-state index contributed by atoms with van der Waals surface area (Å²) in [4.78, 5) is 18.1. The number of hydrogen-bond acceptors (Lipinski definition) is 7. The minimum atomic E-state index is -0.649. The van der Waals surface area contributed by atoms with Gasteiger partial charge in [0.2, 0.25) is 5.95 Å². The number of hydrazine groups is 1. The summed E-state index contributed by atoms with van der Waals surface area (Å²) in [5.74, 6) is 5.04. The number of benzene rings is 1. The van der Waals surface area contributed by atoms with Gasteiger partial charge in [-0.3, -0.25) is 15.5 Å². The van der Waals surface area contributed by atoms with Gasteiger partial charge >= 0.3 is 11.6 Å². The molecule has 3 N–H and O–H groups in total. The van der Waals surface area contributed by atoms with Gasteiger partial charge in [0.15, 0.2) is 0 Å². The number of nitrogen functional groups attached to an aromatic ring is 1. The summed E-state index contributed by atoms with van der Waals surface area (Å²) >= 11 is 11.8. The summed E-state index contributed by atoms with van der Waals surface area (Å²) in [6, 6.07) is 4.48. The number of aryl methyl sites for hydroxylation is 1. The number of nitro groups is 1. The van der Waals surface area contributed by atoms with E-state index in [1.165, 1.54) is 19.1 Å². The van der Waals surface area contributed by atoms with Crippen LogP contribution in [0.5, 0.6) is 11.6 Å². The van der Waals surface area contributed by atoms with E-state index in [0.717, 1.165) is 0 Å². The smallest absolute Gasteiger partial charge is 0.352 e. The predicted octanol–water partition coefficient (Wildman–Crippen LogP) is 3.08. The van der Waals surface area contributed by atoms with Crippen molar-refractivity contribution >= 4 is 34.8 Å². The van der Waals surface area contributed by atoms with Gasteiger partial charge in [-0.05, 0) is 19.1 Å². The van der Waals surface area contributed by atoms with Crippen molar-refractivity contribution < 1.29 is 9.66 Å². The number of anilines is 1. The summed E-state index contributed by atoms with van der Waals surface area (Å²) in [6.07, 6.45) is 0. The Hall–Kier alpha value is -2.16. The molecule has 0 aliphatic rings. The van der Waals surface area contributed by atoms with Gasteiger partial charge in [-0.25, -0.2) is 10.8 Å². The molecule has 0 fully saturated rings. The number of halogens is 2. The van der Waals surface area contributed by atoms with E-state index in [1.807, 2.05) is 0 Å². The van der Waals surface area contributed by atoms with E-state index < -0.39 is 4.92 Å². The molecule has 0 aliphatic heterocycles. The van der Waals surface area contributed by atoms with E-state index in [1.54, 1.807) is 6.07 Å². The molecule has 0 saturated carbocycles. The van der Waals surface area contributed by atoms with Crippen molar-refractivity contribution in [2.75, 3.05) is 5.43 Å². The van der Waals surface area contributed by atoms with Crippen LogP contribution in [0.15, 0.2) is 18.2 Å². The van der Waals surface area contributed by atoms with Gasteiger partial charge in [0, 0.05) is 11.1 Å². The Morgan fingerprint density at radius 1 is 1.38 bits per heavy atom. The first-order valence-electron chi connectivity index (χ1n) is 5.55. The van der Waals surface area contributed by atoms with Gasteiger partial charge < -0.3 is 4.74 Å². The Balaban J connectivity index is 2.54. The molecular formula is C11H9Cl2N5O3. The number of hydrogen-bond donors (Lipinski definition) is 2. The largest absolute Gasteiger partial charge is 0.432 e. The molecule has 2 rings (SSSR count). The third-order valence-electron chi connectivity index (χ3n) is 2.44. The number of ether oxygens (including phenoxy) is 1. The lowest BCUT2D eigenvalue weighted by atomic mass is 10.3. The van der Waals surface area contributed by atoms with E-state index in [-0.39, 0.29) is 34.0 Å². The van der Waals surface area contributed by atoms with Crippen LogP contribution in [0, 0.1) is 17.0 Å². The lowest BCUT2D eigenvalue weighted by Crippen LogP contribution is -2.12. The Bertz CT molecular complexity index is 710. The minimum absolute atomic E-state index is 0.0220. The van der Waals surface area contributed by atoms with Crippen molar-refractivity contribution in [1.29, 1.82) is 0 Å². The van der Waals surface area contributed by atoms with Crippen LogP contribution in [0.3, 0.4) is 0 Å². The lowest BCUT2D eigenvalue weighted by Gasteiger charge is -2.09. The zero-order chi connectivity index (χ0) is 15.6. The van der Waals surface area contributed by atoms with E-state index in [2.05, 4.69) is 15.4 Å². The number of rotatable bonds is 4. The average molecular weight is 330 g/mol. The van der Waals surface area contributed by atoms with Crippen molar-refractivity contribution in [3.05, 3.63) is 44.1 Å². The van der Waals surface area contributed by atoms with Gasteiger partial charge in [0.1, 0.15) is 11.4 Å². The molecule has 110 valence electrons. The first-order valence-corrected chi connectivity index (χ1v) is 6.30. The van der Waals surface area contributed by atoms with Crippen molar-refractivity contribution in [1.82, 2.24) is 9.97 Å². The standard InChI is InChI=1S/C11H9Cl2N5O3/c1-5-9(18(19)20)10(16-11(15-5)17-14)21-8-4-6(12)2-3-7(8)13/h2-4H,14H2,1H3,(H,15,16,17). The zero-order valence-corrected chi connectivity index (χ0v) is 12.1. The molecule has 0 atom stereocenters. The monoisotopic (exact) mass is 329 g/mol. The van der Waals surface area contributed by atoms with E-state index in [9.17, 15) is 10.1 Å². The van der Waals surface area contributed by atoms with Gasteiger partial charge in [-0.15, -0.1) is 0 Å². The highest BCUT2D eigenvalue weighted by atomic mass is 35.5. The Kier molecular flexibility index (Phi) is 4.41. The van der Waals surface area contributed by atoms with Crippen LogP contribution in [0.25, 0.3) is 0 Å². The predicted molar refractivity (Wildman–Crippen MR) is 77.8 cm³/mol. The van der Waals surface area contributed by atoms with E-state index in [4.69, 9.17) is 33.8 Å². The van der Waals surface area contributed by atoms with Crippen molar-refractivity contribution in [3.8, 4) is 11.6 Å². The lowest BCUT2D eigenvalue weighted by molar-refractivity contribution is -0.386. The molecule has 2 aromatic rings. The van der Waals surface area contributed by atoms with E-state index >= 15 is 0 Å². The molecule has 0 bridgehead atoms. The summed E-state index contributed by atoms with van der Waals surface area (Å²) in [5.41, 5.74) is 1.91. The second-order valence-electron chi connectivity index (χ2n) is 3.86. The molecule has 0 saturated heterocycles. The third kappa shape index (κ3) is 3.30. The Labute approximate surface area is 129 Å². The molecule has 21 heavy (non-hydrogen) atoms. The second-order valence-corrected chi connectivity index (χ2v) is 4.71. The molecule has 1 aromatic heterocycles. The van der Waals surface area contributed by atoms with Crippen LogP contribution < -0.4 is 16.0 Å². The van der Waals surface area contributed by atoms with Gasteiger partial charge in [-0.1, -0.05) is 23.2 Å². The maximum Gasteiger partial charge on any atom is 0.352 e. The third-order valence-corrected chi connectivity index (χ3v) is 2.99. The Morgan fingerprint density at radius 3 is 2.71 bits per heavy atom. The average Bonchev–Trinajstić information content (AvgIpc) is 2.41. The van der Waals surface area contributed by atoms with Crippen molar-refractivity contribution in [2.24, 2.45) is 5.84 Å². The molecule has 0 aliphatic carbocycles. The zero-order valence-electron chi connectivity index (χ0n) is 10.6. The second kappa shape index (κ2) is 6.08. The maximum atomic E-state index is 11.1. The first-order chi connectivity index (χ1) is 9.92. The van der Waals surface area contributed by atoms with Crippen molar-refractivity contribution in [2.45, 2.75) is 6.92 Å². The molecule has 0 unspecified atom stereocenters.